The van der Waals surface area contributed by atoms with E-state index in [0.29, 0.717) is 12.6 Å². The van der Waals surface area contributed by atoms with E-state index in [1.54, 1.807) is 0 Å². The predicted molar refractivity (Wildman–Crippen MR) is 77.2 cm³/mol. The Balaban J connectivity index is 1.95. The molecule has 1 spiro atoms. The Morgan fingerprint density at radius 2 is 2.21 bits per heavy atom. The average Bonchev–Trinajstić information content (AvgIpc) is 2.93. The van der Waals surface area contributed by atoms with Gasteiger partial charge in [-0.15, -0.1) is 11.5 Å². The van der Waals surface area contributed by atoms with Gasteiger partial charge in [0.25, 0.3) is 0 Å². The molecular weight excluding hydrogens is 254 g/mol. The number of carbonyl (C=O) groups is 1. The highest BCUT2D eigenvalue weighted by Gasteiger charge is 2.60. The van der Waals surface area contributed by atoms with E-state index in [1.165, 1.54) is 12.8 Å². The zero-order chi connectivity index (χ0) is 13.7. The van der Waals surface area contributed by atoms with Crippen molar-refractivity contribution in [3.63, 3.8) is 0 Å². The summed E-state index contributed by atoms with van der Waals surface area (Å²) < 4.78 is 5.30. The number of carbonyl (C=O) groups excluding carboxylic acids is 1. The van der Waals surface area contributed by atoms with Crippen LogP contribution in [-0.4, -0.2) is 44.7 Å². The van der Waals surface area contributed by atoms with E-state index in [2.05, 4.69) is 36.0 Å². The molecule has 0 aromatic heterocycles. The predicted octanol–water partition coefficient (Wildman–Crippen LogP) is 1.89. The van der Waals surface area contributed by atoms with Crippen molar-refractivity contribution in [3.8, 4) is 11.5 Å². The topological polar surface area (TPSA) is 29.5 Å². The summed E-state index contributed by atoms with van der Waals surface area (Å²) in [5.74, 6) is 3.74. The van der Waals surface area contributed by atoms with E-state index in [9.17, 15) is 4.79 Å². The Morgan fingerprint density at radius 3 is 2.84 bits per heavy atom. The normalized spacial score (nSPS) is 38.2. The molecule has 0 amide bonds. The van der Waals surface area contributed by atoms with Crippen LogP contribution < -0.4 is 0 Å². The Morgan fingerprint density at radius 1 is 1.42 bits per heavy atom. The Kier molecular flexibility index (Phi) is 3.03. The van der Waals surface area contributed by atoms with E-state index in [0.717, 1.165) is 19.5 Å². The first kappa shape index (κ1) is 13.2. The van der Waals surface area contributed by atoms with Crippen molar-refractivity contribution in [3.05, 3.63) is 0 Å². The molecule has 3 saturated heterocycles. The fourth-order valence-corrected chi connectivity index (χ4v) is 4.37. The number of cyclic esters (lactones) is 1. The van der Waals surface area contributed by atoms with Gasteiger partial charge in [0.1, 0.15) is 8.07 Å². The molecule has 3 aliphatic rings. The lowest BCUT2D eigenvalue weighted by atomic mass is 9.74. The first-order valence-corrected chi connectivity index (χ1v) is 10.9. The summed E-state index contributed by atoms with van der Waals surface area (Å²) in [6.07, 6.45) is 3.31. The molecule has 0 saturated carbocycles. The monoisotopic (exact) mass is 277 g/mol. The van der Waals surface area contributed by atoms with Crippen LogP contribution in [0.5, 0.6) is 0 Å². The third kappa shape index (κ3) is 2.13. The molecule has 104 valence electrons. The summed E-state index contributed by atoms with van der Waals surface area (Å²) >= 11 is 0. The zero-order valence-electron chi connectivity index (χ0n) is 12.2. The van der Waals surface area contributed by atoms with Crippen LogP contribution >= 0.6 is 0 Å². The molecule has 3 atom stereocenters. The van der Waals surface area contributed by atoms with Crippen LogP contribution in [0.1, 0.15) is 19.3 Å². The number of rotatable bonds is 0. The lowest BCUT2D eigenvalue weighted by molar-refractivity contribution is -0.146. The second kappa shape index (κ2) is 4.36. The van der Waals surface area contributed by atoms with Gasteiger partial charge < -0.3 is 4.74 Å². The molecule has 3 aliphatic heterocycles. The number of hydrogen-bond donors (Lipinski definition) is 0. The Labute approximate surface area is 116 Å². The Hall–Kier alpha value is -0.793. The highest BCUT2D eigenvalue weighted by atomic mass is 28.3. The maximum Gasteiger partial charge on any atom is 0.314 e. The Bertz CT molecular complexity index is 459. The first-order chi connectivity index (χ1) is 8.92. The maximum atomic E-state index is 12.3. The van der Waals surface area contributed by atoms with Gasteiger partial charge in [-0.2, -0.15) is 0 Å². The third-order valence-corrected chi connectivity index (χ3v) is 5.56. The van der Waals surface area contributed by atoms with Gasteiger partial charge in [-0.3, -0.25) is 9.69 Å². The van der Waals surface area contributed by atoms with Crippen molar-refractivity contribution in [2.45, 2.75) is 44.9 Å². The number of esters is 1. The zero-order valence-corrected chi connectivity index (χ0v) is 13.2. The second-order valence-corrected chi connectivity index (χ2v) is 12.0. The van der Waals surface area contributed by atoms with E-state index in [1.807, 2.05) is 0 Å². The summed E-state index contributed by atoms with van der Waals surface area (Å²) in [7, 11) is -1.39. The van der Waals surface area contributed by atoms with Crippen molar-refractivity contribution >= 4 is 14.0 Å². The van der Waals surface area contributed by atoms with Crippen molar-refractivity contribution in [2.75, 3.05) is 19.7 Å². The molecule has 0 aliphatic carbocycles. The fourth-order valence-electron chi connectivity index (χ4n) is 3.78. The van der Waals surface area contributed by atoms with E-state index < -0.39 is 8.07 Å². The number of hydrogen-bond acceptors (Lipinski definition) is 3. The minimum Gasteiger partial charge on any atom is -0.465 e. The standard InChI is InChI=1S/C15H23NO2Si/c1-19(2,3)10-6-12-13-5-4-8-16(13)11-15(12)7-9-18-14(15)17/h12-13H,4-5,7-9,11H2,1-3H3/t12-,13+,15-/m0/s1. The molecule has 0 bridgehead atoms. The van der Waals surface area contributed by atoms with Crippen LogP contribution in [-0.2, 0) is 9.53 Å². The minimum atomic E-state index is -1.39. The number of fused-ring (bicyclic) bond motifs is 1. The molecule has 0 unspecified atom stereocenters. The summed E-state index contributed by atoms with van der Waals surface area (Å²) in [5.41, 5.74) is 3.19. The van der Waals surface area contributed by atoms with Gasteiger partial charge in [0, 0.05) is 19.0 Å². The molecule has 3 heterocycles. The summed E-state index contributed by atoms with van der Waals surface area (Å²) in [5, 5.41) is 0. The largest absolute Gasteiger partial charge is 0.465 e. The molecular formula is C15H23NO2Si. The molecule has 19 heavy (non-hydrogen) atoms. The van der Waals surface area contributed by atoms with Gasteiger partial charge in [-0.05, 0) is 19.4 Å². The minimum absolute atomic E-state index is 0.0109. The molecule has 0 aromatic carbocycles. The van der Waals surface area contributed by atoms with Gasteiger partial charge in [0.2, 0.25) is 0 Å². The smallest absolute Gasteiger partial charge is 0.314 e. The highest BCUT2D eigenvalue weighted by molar-refractivity contribution is 6.83. The fraction of sp³-hybridized carbons (Fsp3) is 0.800. The summed E-state index contributed by atoms with van der Waals surface area (Å²) in [6, 6.07) is 0.495. The lowest BCUT2D eigenvalue weighted by Gasteiger charge is -2.24. The van der Waals surface area contributed by atoms with E-state index >= 15 is 0 Å². The van der Waals surface area contributed by atoms with Crippen LogP contribution in [0.25, 0.3) is 0 Å². The second-order valence-electron chi connectivity index (χ2n) is 7.22. The molecule has 3 nitrogen and oxygen atoms in total. The van der Waals surface area contributed by atoms with Crippen LogP contribution in [0, 0.1) is 22.8 Å². The third-order valence-electron chi connectivity index (χ3n) is 4.67. The van der Waals surface area contributed by atoms with Crippen molar-refractivity contribution in [1.82, 2.24) is 4.90 Å². The van der Waals surface area contributed by atoms with Crippen LogP contribution in [0.4, 0.5) is 0 Å². The SMILES string of the molecule is C[Si](C)(C)C#C[C@H]1[C@H]2CCCN2C[C@@]12CCOC2=O. The van der Waals surface area contributed by atoms with Crippen molar-refractivity contribution in [2.24, 2.45) is 11.3 Å². The molecule has 4 heteroatoms. The van der Waals surface area contributed by atoms with Gasteiger partial charge in [0.05, 0.1) is 17.9 Å². The quantitative estimate of drug-likeness (QED) is 0.385. The summed E-state index contributed by atoms with van der Waals surface area (Å²) in [6.45, 7) is 9.39. The molecule has 3 rings (SSSR count). The number of ether oxygens (including phenoxy) is 1. The molecule has 0 radical (unpaired) electrons. The average molecular weight is 277 g/mol. The van der Waals surface area contributed by atoms with Crippen molar-refractivity contribution in [1.29, 1.82) is 0 Å². The first-order valence-electron chi connectivity index (χ1n) is 7.36. The van der Waals surface area contributed by atoms with E-state index in [4.69, 9.17) is 4.74 Å². The van der Waals surface area contributed by atoms with Gasteiger partial charge in [0.15, 0.2) is 0 Å². The van der Waals surface area contributed by atoms with Crippen LogP contribution in [0.15, 0.2) is 0 Å². The summed E-state index contributed by atoms with van der Waals surface area (Å²) in [4.78, 5) is 14.7. The van der Waals surface area contributed by atoms with Crippen LogP contribution in [0.3, 0.4) is 0 Å². The van der Waals surface area contributed by atoms with Gasteiger partial charge in [-0.25, -0.2) is 0 Å². The highest BCUT2D eigenvalue weighted by Crippen LogP contribution is 2.49. The molecule has 3 fully saturated rings. The van der Waals surface area contributed by atoms with E-state index in [-0.39, 0.29) is 17.3 Å². The van der Waals surface area contributed by atoms with Gasteiger partial charge in [-0.1, -0.05) is 19.6 Å². The molecule has 0 N–H and O–H groups in total. The molecule has 0 aromatic rings. The lowest BCUT2D eigenvalue weighted by Crippen LogP contribution is -2.36. The van der Waals surface area contributed by atoms with Crippen LogP contribution in [0.2, 0.25) is 19.6 Å². The van der Waals surface area contributed by atoms with Crippen molar-refractivity contribution < 1.29 is 9.53 Å². The number of nitrogens with zero attached hydrogens (tertiary/aromatic N) is 1. The van der Waals surface area contributed by atoms with Gasteiger partial charge >= 0.3 is 5.97 Å². The maximum absolute atomic E-state index is 12.3.